The van der Waals surface area contributed by atoms with Crippen molar-refractivity contribution in [2.45, 2.75) is 52.7 Å². The average molecular weight is 439 g/mol. The van der Waals surface area contributed by atoms with E-state index >= 15 is 0 Å². The Hall–Kier alpha value is -2.92. The average Bonchev–Trinajstić information content (AvgIpc) is 3.00. The molecule has 0 saturated carbocycles. The first-order chi connectivity index (χ1) is 14.6. The van der Waals surface area contributed by atoms with Crippen LogP contribution >= 0.6 is 11.6 Å². The molecule has 2 heterocycles. The lowest BCUT2D eigenvalue weighted by molar-refractivity contribution is -0.155. The maximum atomic E-state index is 12.7. The largest absolute Gasteiger partial charge is 0.460 e. The molecule has 0 amide bonds. The maximum absolute atomic E-state index is 12.7. The van der Waals surface area contributed by atoms with Crippen LogP contribution in [0.15, 0.2) is 64.2 Å². The summed E-state index contributed by atoms with van der Waals surface area (Å²) >= 11 is 6.10. The fourth-order valence-electron chi connectivity index (χ4n) is 3.55. The lowest BCUT2D eigenvalue weighted by Crippen LogP contribution is -2.25. The summed E-state index contributed by atoms with van der Waals surface area (Å²) in [5.41, 5.74) is 4.26. The van der Waals surface area contributed by atoms with Gasteiger partial charge in [0.25, 0.3) is 0 Å². The van der Waals surface area contributed by atoms with Crippen LogP contribution in [-0.4, -0.2) is 22.4 Å². The predicted molar refractivity (Wildman–Crippen MR) is 124 cm³/mol. The van der Waals surface area contributed by atoms with Crippen LogP contribution in [0.3, 0.4) is 0 Å². The van der Waals surface area contributed by atoms with E-state index < -0.39 is 11.6 Å². The van der Waals surface area contributed by atoms with Crippen LogP contribution in [0.4, 0.5) is 0 Å². The molecule has 1 aromatic carbocycles. The zero-order valence-electron chi connectivity index (χ0n) is 18.5. The zero-order valence-corrected chi connectivity index (χ0v) is 19.3. The summed E-state index contributed by atoms with van der Waals surface area (Å²) in [4.78, 5) is 17.6. The van der Waals surface area contributed by atoms with Gasteiger partial charge in [0, 0.05) is 16.2 Å². The molecule has 162 valence electrons. The molecule has 0 aliphatic carbocycles. The van der Waals surface area contributed by atoms with Gasteiger partial charge in [0.2, 0.25) is 0 Å². The minimum Gasteiger partial charge on any atom is -0.460 e. The predicted octanol–water partition coefficient (Wildman–Crippen LogP) is 6.43. The van der Waals surface area contributed by atoms with Crippen LogP contribution < -0.4 is 0 Å². The summed E-state index contributed by atoms with van der Waals surface area (Å²) in [7, 11) is 0. The number of allylic oxidation sites excluding steroid dienone is 5. The maximum Gasteiger partial charge on any atom is 0.308 e. The smallest absolute Gasteiger partial charge is 0.308 e. The van der Waals surface area contributed by atoms with Crippen molar-refractivity contribution in [3.8, 4) is 0 Å². The van der Waals surface area contributed by atoms with Crippen molar-refractivity contribution >= 4 is 28.9 Å². The molecule has 0 unspecified atom stereocenters. The molecule has 2 aromatic rings. The van der Waals surface area contributed by atoms with Gasteiger partial charge in [0.05, 0.1) is 23.4 Å². The number of esters is 1. The van der Waals surface area contributed by atoms with Gasteiger partial charge in [-0.05, 0) is 52.3 Å². The van der Waals surface area contributed by atoms with Gasteiger partial charge in [-0.3, -0.25) is 9.79 Å². The van der Waals surface area contributed by atoms with Crippen molar-refractivity contribution in [2.24, 2.45) is 4.99 Å². The molecule has 1 aliphatic heterocycles. The Labute approximate surface area is 188 Å². The van der Waals surface area contributed by atoms with Crippen LogP contribution in [0, 0.1) is 6.92 Å². The highest BCUT2D eigenvalue weighted by Gasteiger charge is 2.32. The van der Waals surface area contributed by atoms with E-state index in [2.05, 4.69) is 11.7 Å². The SMILES string of the molecule is C=CC1=C(/C=C\C)c2c(C)noc2[C@H](CC(=O)OC(C)(C)C)N=C1c1ccc(Cl)cc1. The first-order valence-electron chi connectivity index (χ1n) is 10.2. The molecule has 0 saturated heterocycles. The van der Waals surface area contributed by atoms with E-state index in [1.807, 2.05) is 71.0 Å². The lowest BCUT2D eigenvalue weighted by Gasteiger charge is -2.20. The number of nitrogens with zero attached hydrogens (tertiary/aromatic N) is 2. The number of fused-ring (bicyclic) bond motifs is 1. The summed E-state index contributed by atoms with van der Waals surface area (Å²) in [5, 5.41) is 4.80. The van der Waals surface area contributed by atoms with Gasteiger partial charge in [-0.2, -0.15) is 0 Å². The van der Waals surface area contributed by atoms with Crippen molar-refractivity contribution in [2.75, 3.05) is 0 Å². The van der Waals surface area contributed by atoms with Crippen molar-refractivity contribution in [3.05, 3.63) is 82.2 Å². The molecular formula is C25H27ClN2O3. The molecule has 6 heteroatoms. The minimum atomic E-state index is -0.592. The van der Waals surface area contributed by atoms with Crippen molar-refractivity contribution in [3.63, 3.8) is 0 Å². The van der Waals surface area contributed by atoms with E-state index in [4.69, 9.17) is 25.9 Å². The second-order valence-electron chi connectivity index (χ2n) is 8.33. The molecule has 0 bridgehead atoms. The van der Waals surface area contributed by atoms with Crippen LogP contribution in [0.25, 0.3) is 5.57 Å². The number of hydrogen-bond donors (Lipinski definition) is 0. The number of carbonyl (C=O) groups excluding carboxylic acids is 1. The van der Waals surface area contributed by atoms with Gasteiger partial charge in [-0.15, -0.1) is 0 Å². The van der Waals surface area contributed by atoms with E-state index in [0.29, 0.717) is 16.5 Å². The van der Waals surface area contributed by atoms with Gasteiger partial charge in [-0.1, -0.05) is 53.7 Å². The van der Waals surface area contributed by atoms with Crippen LogP contribution in [-0.2, 0) is 9.53 Å². The monoisotopic (exact) mass is 438 g/mol. The first kappa shape index (κ1) is 22.8. The van der Waals surface area contributed by atoms with E-state index in [1.165, 1.54) is 0 Å². The number of aromatic nitrogens is 1. The van der Waals surface area contributed by atoms with Gasteiger partial charge in [0.1, 0.15) is 11.6 Å². The fraction of sp³-hybridized carbons (Fsp3) is 0.320. The third-order valence-corrected chi connectivity index (χ3v) is 4.98. The molecule has 1 aromatic heterocycles. The Balaban J connectivity index is 2.22. The second-order valence-corrected chi connectivity index (χ2v) is 8.77. The van der Waals surface area contributed by atoms with E-state index in [1.54, 1.807) is 6.08 Å². The topological polar surface area (TPSA) is 64.7 Å². The fourth-order valence-corrected chi connectivity index (χ4v) is 3.68. The highest BCUT2D eigenvalue weighted by Crippen LogP contribution is 2.39. The number of halogens is 1. The Kier molecular flexibility index (Phi) is 6.65. The van der Waals surface area contributed by atoms with Crippen molar-refractivity contribution < 1.29 is 14.1 Å². The number of aliphatic imine (C=N–C) groups is 1. The number of benzene rings is 1. The Morgan fingerprint density at radius 3 is 2.52 bits per heavy atom. The van der Waals surface area contributed by atoms with Gasteiger partial charge < -0.3 is 9.26 Å². The Morgan fingerprint density at radius 2 is 1.94 bits per heavy atom. The number of hydrogen-bond acceptors (Lipinski definition) is 5. The standard InChI is InChI=1S/C25H27ClN2O3/c1-7-9-19-18(8-2)23(16-10-12-17(26)13-11-16)27-20(14-21(29)30-25(4,5)6)24-22(19)15(3)28-31-24/h7-13,20H,2,14H2,1,3-6H3/b9-7-/t20-/m0/s1. The van der Waals surface area contributed by atoms with E-state index in [9.17, 15) is 4.79 Å². The third kappa shape index (κ3) is 5.05. The lowest BCUT2D eigenvalue weighted by atomic mass is 9.92. The van der Waals surface area contributed by atoms with E-state index in [0.717, 1.165) is 28.0 Å². The normalized spacial score (nSPS) is 16.7. The molecule has 5 nitrogen and oxygen atoms in total. The third-order valence-electron chi connectivity index (χ3n) is 4.73. The highest BCUT2D eigenvalue weighted by atomic mass is 35.5. The van der Waals surface area contributed by atoms with Crippen molar-refractivity contribution in [1.29, 1.82) is 0 Å². The molecule has 0 N–H and O–H groups in total. The summed E-state index contributed by atoms with van der Waals surface area (Å²) in [6, 6.07) is 6.84. The van der Waals surface area contributed by atoms with E-state index in [-0.39, 0.29) is 12.4 Å². The number of rotatable bonds is 5. The number of carbonyl (C=O) groups is 1. The molecule has 0 spiro atoms. The molecule has 3 rings (SSSR count). The molecule has 0 fully saturated rings. The van der Waals surface area contributed by atoms with Crippen LogP contribution in [0.1, 0.15) is 62.7 Å². The zero-order chi connectivity index (χ0) is 22.8. The summed E-state index contributed by atoms with van der Waals surface area (Å²) in [6.07, 6.45) is 5.74. The Bertz CT molecular complexity index is 1080. The summed E-state index contributed by atoms with van der Waals surface area (Å²) in [6.45, 7) is 13.4. The molecule has 31 heavy (non-hydrogen) atoms. The summed E-state index contributed by atoms with van der Waals surface area (Å²) in [5.74, 6) is 0.186. The first-order valence-corrected chi connectivity index (χ1v) is 10.5. The van der Waals surface area contributed by atoms with Gasteiger partial charge >= 0.3 is 5.97 Å². The quantitative estimate of drug-likeness (QED) is 0.504. The number of aryl methyl sites for hydroxylation is 1. The number of ether oxygens (including phenoxy) is 1. The second kappa shape index (κ2) is 9.06. The van der Waals surface area contributed by atoms with Crippen molar-refractivity contribution in [1.82, 2.24) is 5.16 Å². The van der Waals surface area contributed by atoms with Crippen LogP contribution in [0.5, 0.6) is 0 Å². The minimum absolute atomic E-state index is 0.0313. The molecular weight excluding hydrogens is 412 g/mol. The molecule has 1 aliphatic rings. The Morgan fingerprint density at radius 1 is 1.26 bits per heavy atom. The van der Waals surface area contributed by atoms with Gasteiger partial charge in [0.15, 0.2) is 5.76 Å². The van der Waals surface area contributed by atoms with Crippen LogP contribution in [0.2, 0.25) is 5.02 Å². The molecule has 0 radical (unpaired) electrons. The summed E-state index contributed by atoms with van der Waals surface area (Å²) < 4.78 is 11.2. The highest BCUT2D eigenvalue weighted by molar-refractivity contribution is 6.30. The molecule has 1 atom stereocenters. The van der Waals surface area contributed by atoms with Gasteiger partial charge in [-0.25, -0.2) is 0 Å².